The normalized spacial score (nSPS) is 14.8. The highest BCUT2D eigenvalue weighted by molar-refractivity contribution is 5.89. The van der Waals surface area contributed by atoms with E-state index < -0.39 is 22.5 Å². The number of ether oxygens (including phenoxy) is 1. The Kier molecular flexibility index (Phi) is 5.20. The molecule has 1 aliphatic heterocycles. The Morgan fingerprint density at radius 2 is 1.89 bits per heavy atom. The summed E-state index contributed by atoms with van der Waals surface area (Å²) in [6.07, 6.45) is 0.655. The minimum atomic E-state index is -1.24. The molecule has 0 saturated carbocycles. The van der Waals surface area contributed by atoms with E-state index in [1.54, 1.807) is 4.90 Å². The first-order chi connectivity index (χ1) is 12.8. The smallest absolute Gasteiger partial charge is 0.335 e. The first-order valence-corrected chi connectivity index (χ1v) is 8.23. The second-order valence-corrected chi connectivity index (χ2v) is 6.14. The second-order valence-electron chi connectivity index (χ2n) is 6.14. The molecule has 2 aromatic carbocycles. The van der Waals surface area contributed by atoms with Gasteiger partial charge in [0.1, 0.15) is 17.6 Å². The first kappa shape index (κ1) is 18.6. The number of rotatable bonds is 5. The molecule has 27 heavy (non-hydrogen) atoms. The number of aromatic carboxylic acids is 1. The molecule has 0 unspecified atom stereocenters. The van der Waals surface area contributed by atoms with E-state index in [9.17, 15) is 23.7 Å². The summed E-state index contributed by atoms with van der Waals surface area (Å²) < 4.78 is 32.2. The van der Waals surface area contributed by atoms with Crippen molar-refractivity contribution in [1.29, 1.82) is 0 Å². The van der Waals surface area contributed by atoms with Crippen LogP contribution in [0.25, 0.3) is 0 Å². The molecule has 0 aromatic heterocycles. The zero-order chi connectivity index (χ0) is 19.6. The molecule has 0 bridgehead atoms. The fourth-order valence-corrected chi connectivity index (χ4v) is 3.04. The predicted molar refractivity (Wildman–Crippen MR) is 92.3 cm³/mol. The Morgan fingerprint density at radius 3 is 2.48 bits per heavy atom. The van der Waals surface area contributed by atoms with Gasteiger partial charge in [-0.25, -0.2) is 13.6 Å². The summed E-state index contributed by atoms with van der Waals surface area (Å²) in [5, 5.41) is 20.3. The maximum Gasteiger partial charge on any atom is 0.335 e. The van der Waals surface area contributed by atoms with Crippen LogP contribution in [0.15, 0.2) is 36.4 Å². The number of halogens is 2. The number of nitro benzene ring substituents is 1. The molecule has 3 rings (SSSR count). The molecule has 9 heteroatoms. The summed E-state index contributed by atoms with van der Waals surface area (Å²) in [6, 6.07) is 6.86. The monoisotopic (exact) mass is 378 g/mol. The summed E-state index contributed by atoms with van der Waals surface area (Å²) >= 11 is 0. The molecule has 142 valence electrons. The van der Waals surface area contributed by atoms with E-state index >= 15 is 0 Å². The maximum absolute atomic E-state index is 13.7. The average Bonchev–Trinajstić information content (AvgIpc) is 2.64. The number of hydrogen-bond donors (Lipinski definition) is 1. The van der Waals surface area contributed by atoms with Crippen LogP contribution in [0.5, 0.6) is 5.75 Å². The van der Waals surface area contributed by atoms with E-state index in [4.69, 9.17) is 9.84 Å². The number of carbonyl (C=O) groups is 1. The van der Waals surface area contributed by atoms with Crippen LogP contribution in [0, 0.1) is 21.7 Å². The van der Waals surface area contributed by atoms with Crippen molar-refractivity contribution < 1.29 is 28.3 Å². The zero-order valence-electron chi connectivity index (χ0n) is 14.1. The molecule has 0 spiro atoms. The Morgan fingerprint density at radius 1 is 1.19 bits per heavy atom. The van der Waals surface area contributed by atoms with E-state index in [1.807, 2.05) is 0 Å². The van der Waals surface area contributed by atoms with Gasteiger partial charge in [-0.1, -0.05) is 0 Å². The number of anilines is 1. The third-order valence-corrected chi connectivity index (χ3v) is 4.39. The molecule has 0 amide bonds. The number of nitro groups is 1. The Hall–Kier alpha value is -3.23. The van der Waals surface area contributed by atoms with Gasteiger partial charge in [-0.05, 0) is 24.3 Å². The number of benzene rings is 2. The van der Waals surface area contributed by atoms with Crippen LogP contribution in [0.3, 0.4) is 0 Å². The lowest BCUT2D eigenvalue weighted by atomic mass is 10.1. The zero-order valence-corrected chi connectivity index (χ0v) is 14.1. The molecular weight excluding hydrogens is 362 g/mol. The van der Waals surface area contributed by atoms with Gasteiger partial charge < -0.3 is 14.7 Å². The largest absolute Gasteiger partial charge is 0.487 e. The molecule has 1 saturated heterocycles. The van der Waals surface area contributed by atoms with Crippen LogP contribution >= 0.6 is 0 Å². The molecular formula is C18H16F2N2O5. The van der Waals surface area contributed by atoms with Crippen LogP contribution in [0.2, 0.25) is 0 Å². The highest BCUT2D eigenvalue weighted by Gasteiger charge is 2.27. The fourth-order valence-electron chi connectivity index (χ4n) is 3.04. The molecule has 0 radical (unpaired) electrons. The molecule has 0 aliphatic carbocycles. The average molecular weight is 378 g/mol. The molecule has 7 nitrogen and oxygen atoms in total. The molecule has 1 N–H and O–H groups in total. The lowest BCUT2D eigenvalue weighted by Crippen LogP contribution is -2.38. The van der Waals surface area contributed by atoms with E-state index in [2.05, 4.69) is 0 Å². The van der Waals surface area contributed by atoms with Crippen LogP contribution in [-0.2, 0) is 0 Å². The molecule has 0 atom stereocenters. The van der Waals surface area contributed by atoms with Gasteiger partial charge in [-0.2, -0.15) is 0 Å². The second kappa shape index (κ2) is 7.56. The Labute approximate surface area is 152 Å². The maximum atomic E-state index is 13.7. The Balaban J connectivity index is 1.70. The standard InChI is InChI=1S/C18H16F2N2O5/c19-12-2-4-17(14(20)10-12)27-13-5-7-21(8-6-13)15-3-1-11(18(23)24)9-16(15)22(25)26/h1-4,9-10,13H,5-8H2,(H,23,24). The summed E-state index contributed by atoms with van der Waals surface area (Å²) in [5.41, 5.74) is -0.106. The molecule has 1 fully saturated rings. The van der Waals surface area contributed by atoms with Crippen LogP contribution in [0.1, 0.15) is 23.2 Å². The molecule has 1 heterocycles. The number of carboxylic acids is 1. The Bertz CT molecular complexity index is 882. The lowest BCUT2D eigenvalue weighted by Gasteiger charge is -2.33. The van der Waals surface area contributed by atoms with E-state index in [1.165, 1.54) is 18.2 Å². The van der Waals surface area contributed by atoms with Crippen LogP contribution in [0.4, 0.5) is 20.2 Å². The SMILES string of the molecule is O=C(O)c1ccc(N2CCC(Oc3ccc(F)cc3F)CC2)c([N+](=O)[O-])c1. The van der Waals surface area contributed by atoms with Crippen molar-refractivity contribution in [2.75, 3.05) is 18.0 Å². The van der Waals surface area contributed by atoms with Crippen molar-refractivity contribution in [1.82, 2.24) is 0 Å². The van der Waals surface area contributed by atoms with Crippen molar-refractivity contribution in [2.45, 2.75) is 18.9 Å². The number of hydrogen-bond acceptors (Lipinski definition) is 5. The number of nitrogens with zero attached hydrogens (tertiary/aromatic N) is 2. The van der Waals surface area contributed by atoms with Crippen molar-refractivity contribution in [3.63, 3.8) is 0 Å². The van der Waals surface area contributed by atoms with E-state index in [0.29, 0.717) is 31.6 Å². The summed E-state index contributed by atoms with van der Waals surface area (Å²) in [6.45, 7) is 0.835. The van der Waals surface area contributed by atoms with Crippen LogP contribution < -0.4 is 9.64 Å². The van der Waals surface area contributed by atoms with Crippen molar-refractivity contribution in [3.8, 4) is 5.75 Å². The van der Waals surface area contributed by atoms with Gasteiger partial charge in [-0.15, -0.1) is 0 Å². The van der Waals surface area contributed by atoms with Gasteiger partial charge >= 0.3 is 5.97 Å². The van der Waals surface area contributed by atoms with Gasteiger partial charge in [0.05, 0.1) is 10.5 Å². The summed E-state index contributed by atoms with van der Waals surface area (Å²) in [7, 11) is 0. The highest BCUT2D eigenvalue weighted by Crippen LogP contribution is 2.32. The molecule has 2 aromatic rings. The third kappa shape index (κ3) is 4.13. The van der Waals surface area contributed by atoms with Gasteiger partial charge in [-0.3, -0.25) is 10.1 Å². The number of piperidine rings is 1. The summed E-state index contributed by atoms with van der Waals surface area (Å²) in [4.78, 5) is 23.5. The highest BCUT2D eigenvalue weighted by atomic mass is 19.1. The van der Waals surface area contributed by atoms with Crippen LogP contribution in [-0.4, -0.2) is 35.2 Å². The first-order valence-electron chi connectivity index (χ1n) is 8.23. The lowest BCUT2D eigenvalue weighted by molar-refractivity contribution is -0.384. The topological polar surface area (TPSA) is 92.9 Å². The van der Waals surface area contributed by atoms with Gasteiger partial charge in [0.25, 0.3) is 5.69 Å². The third-order valence-electron chi connectivity index (χ3n) is 4.39. The van der Waals surface area contributed by atoms with Crippen molar-refractivity contribution in [2.24, 2.45) is 0 Å². The van der Waals surface area contributed by atoms with Gasteiger partial charge in [0, 0.05) is 38.1 Å². The van der Waals surface area contributed by atoms with Crippen molar-refractivity contribution >= 4 is 17.3 Å². The fraction of sp³-hybridized carbons (Fsp3) is 0.278. The van der Waals surface area contributed by atoms with Gasteiger partial charge in [0.15, 0.2) is 11.6 Å². The minimum absolute atomic E-state index is 0.0355. The summed E-state index contributed by atoms with van der Waals surface area (Å²) in [5.74, 6) is -2.74. The number of carboxylic acid groups (broad SMARTS) is 1. The predicted octanol–water partition coefficient (Wildman–Crippen LogP) is 3.62. The quantitative estimate of drug-likeness (QED) is 0.631. The van der Waals surface area contributed by atoms with Gasteiger partial charge in [0.2, 0.25) is 0 Å². The van der Waals surface area contributed by atoms with Crippen molar-refractivity contribution in [3.05, 3.63) is 63.7 Å². The van der Waals surface area contributed by atoms with E-state index in [-0.39, 0.29) is 23.1 Å². The van der Waals surface area contributed by atoms with E-state index in [0.717, 1.165) is 18.2 Å². The minimum Gasteiger partial charge on any atom is -0.487 e. The molecule has 1 aliphatic rings.